The van der Waals surface area contributed by atoms with Gasteiger partial charge in [0.25, 0.3) is 0 Å². The Balaban J connectivity index is 0.00000205. The van der Waals surface area contributed by atoms with Gasteiger partial charge < -0.3 is 9.88 Å². The SMILES string of the molecule is Cc1ccc2c(c1)nc(C)n2C1CCC(NC2Cc3ccc(Cl)cc3C2)CC1.Cl. The van der Waals surface area contributed by atoms with Gasteiger partial charge in [0.1, 0.15) is 5.82 Å². The van der Waals surface area contributed by atoms with E-state index in [1.807, 2.05) is 6.07 Å². The molecule has 0 bridgehead atoms. The number of nitrogens with one attached hydrogen (secondary N) is 1. The van der Waals surface area contributed by atoms with E-state index in [-0.39, 0.29) is 12.4 Å². The molecule has 0 amide bonds. The van der Waals surface area contributed by atoms with Crippen LogP contribution in [0.15, 0.2) is 36.4 Å². The van der Waals surface area contributed by atoms with Gasteiger partial charge in [-0.15, -0.1) is 12.4 Å². The van der Waals surface area contributed by atoms with Crippen LogP contribution in [0.4, 0.5) is 0 Å². The quantitative estimate of drug-likeness (QED) is 0.555. The predicted octanol–water partition coefficient (Wildman–Crippen LogP) is 5.97. The third kappa shape index (κ3) is 4.05. The van der Waals surface area contributed by atoms with Gasteiger partial charge in [-0.2, -0.15) is 0 Å². The van der Waals surface area contributed by atoms with E-state index in [1.165, 1.54) is 47.9 Å². The number of rotatable bonds is 3. The molecule has 1 unspecified atom stereocenters. The van der Waals surface area contributed by atoms with Crippen molar-refractivity contribution in [1.82, 2.24) is 14.9 Å². The van der Waals surface area contributed by atoms with Crippen LogP contribution in [0, 0.1) is 13.8 Å². The fourth-order valence-corrected chi connectivity index (χ4v) is 5.52. The Morgan fingerprint density at radius 3 is 2.48 bits per heavy atom. The molecule has 2 aliphatic rings. The number of aryl methyl sites for hydroxylation is 2. The molecule has 1 aromatic heterocycles. The third-order valence-electron chi connectivity index (χ3n) is 6.66. The second kappa shape index (κ2) is 8.29. The van der Waals surface area contributed by atoms with Crippen molar-refractivity contribution in [2.75, 3.05) is 0 Å². The average molecular weight is 430 g/mol. The molecule has 3 aromatic rings. The lowest BCUT2D eigenvalue weighted by molar-refractivity contribution is 0.276. The summed E-state index contributed by atoms with van der Waals surface area (Å²) in [6, 6.07) is 14.8. The van der Waals surface area contributed by atoms with Crippen LogP contribution in [0.25, 0.3) is 11.0 Å². The van der Waals surface area contributed by atoms with E-state index in [4.69, 9.17) is 16.6 Å². The number of fused-ring (bicyclic) bond motifs is 2. The molecule has 154 valence electrons. The van der Waals surface area contributed by atoms with Gasteiger partial charge in [0, 0.05) is 23.1 Å². The van der Waals surface area contributed by atoms with Crippen LogP contribution in [-0.2, 0) is 12.8 Å². The maximum Gasteiger partial charge on any atom is 0.106 e. The van der Waals surface area contributed by atoms with Crippen molar-refractivity contribution in [1.29, 1.82) is 0 Å². The maximum absolute atomic E-state index is 6.16. The molecule has 1 N–H and O–H groups in total. The van der Waals surface area contributed by atoms with Gasteiger partial charge in [0.15, 0.2) is 0 Å². The molecule has 1 saturated carbocycles. The maximum atomic E-state index is 6.16. The summed E-state index contributed by atoms with van der Waals surface area (Å²) in [5, 5.41) is 4.80. The predicted molar refractivity (Wildman–Crippen MR) is 124 cm³/mol. The number of benzene rings is 2. The van der Waals surface area contributed by atoms with E-state index >= 15 is 0 Å². The van der Waals surface area contributed by atoms with Gasteiger partial charge in [-0.25, -0.2) is 4.98 Å². The Kier molecular flexibility index (Phi) is 5.92. The van der Waals surface area contributed by atoms with Gasteiger partial charge in [-0.1, -0.05) is 23.7 Å². The van der Waals surface area contributed by atoms with Gasteiger partial charge in [-0.3, -0.25) is 0 Å². The Labute approximate surface area is 184 Å². The van der Waals surface area contributed by atoms with Crippen molar-refractivity contribution in [2.45, 2.75) is 70.5 Å². The number of imidazole rings is 1. The lowest BCUT2D eigenvalue weighted by Gasteiger charge is -2.32. The number of aromatic nitrogens is 2. The topological polar surface area (TPSA) is 29.9 Å². The van der Waals surface area contributed by atoms with E-state index in [1.54, 1.807) is 0 Å². The van der Waals surface area contributed by atoms with Gasteiger partial charge in [-0.05, 0) is 93.3 Å². The molecule has 2 aliphatic carbocycles. The summed E-state index contributed by atoms with van der Waals surface area (Å²) in [7, 11) is 0. The average Bonchev–Trinajstić information content (AvgIpc) is 3.21. The van der Waals surface area contributed by atoms with Gasteiger partial charge in [0.2, 0.25) is 0 Å². The molecule has 0 radical (unpaired) electrons. The molecule has 5 rings (SSSR count). The molecule has 1 fully saturated rings. The molecule has 2 aromatic carbocycles. The van der Waals surface area contributed by atoms with Gasteiger partial charge >= 0.3 is 0 Å². The normalized spacial score (nSPS) is 23.8. The largest absolute Gasteiger partial charge is 0.325 e. The van der Waals surface area contributed by atoms with Crippen molar-refractivity contribution in [2.24, 2.45) is 0 Å². The number of nitrogens with zero attached hydrogens (tertiary/aromatic N) is 2. The van der Waals surface area contributed by atoms with E-state index < -0.39 is 0 Å². The molecule has 1 atom stereocenters. The van der Waals surface area contributed by atoms with Crippen LogP contribution < -0.4 is 5.32 Å². The summed E-state index contributed by atoms with van der Waals surface area (Å²) in [6.45, 7) is 4.29. The molecular weight excluding hydrogens is 401 g/mol. The van der Waals surface area contributed by atoms with Crippen LogP contribution >= 0.6 is 24.0 Å². The number of hydrogen-bond acceptors (Lipinski definition) is 2. The van der Waals surface area contributed by atoms with Crippen LogP contribution in [-0.4, -0.2) is 21.6 Å². The zero-order valence-corrected chi connectivity index (χ0v) is 18.7. The zero-order valence-electron chi connectivity index (χ0n) is 17.1. The zero-order chi connectivity index (χ0) is 19.3. The molecule has 29 heavy (non-hydrogen) atoms. The Hall–Kier alpha value is -1.55. The first kappa shape index (κ1) is 20.7. The summed E-state index contributed by atoms with van der Waals surface area (Å²) in [5.74, 6) is 1.15. The van der Waals surface area contributed by atoms with Gasteiger partial charge in [0.05, 0.1) is 11.0 Å². The van der Waals surface area contributed by atoms with Crippen molar-refractivity contribution in [3.05, 3.63) is 63.9 Å². The number of hydrogen-bond donors (Lipinski definition) is 1. The minimum absolute atomic E-state index is 0. The molecular formula is C24H29Cl2N3. The minimum atomic E-state index is 0. The van der Waals surface area contributed by atoms with Crippen molar-refractivity contribution >= 4 is 35.0 Å². The lowest BCUT2D eigenvalue weighted by atomic mass is 9.90. The summed E-state index contributed by atoms with van der Waals surface area (Å²) in [5.41, 5.74) is 6.60. The Bertz CT molecular complexity index is 1020. The fraction of sp³-hybridized carbons (Fsp3) is 0.458. The van der Waals surface area contributed by atoms with Crippen molar-refractivity contribution in [3.63, 3.8) is 0 Å². The highest BCUT2D eigenvalue weighted by Crippen LogP contribution is 2.34. The van der Waals surface area contributed by atoms with Crippen LogP contribution in [0.2, 0.25) is 5.02 Å². The Morgan fingerprint density at radius 1 is 0.931 bits per heavy atom. The minimum Gasteiger partial charge on any atom is -0.325 e. The van der Waals surface area contributed by atoms with Crippen LogP contribution in [0.3, 0.4) is 0 Å². The second-order valence-corrected chi connectivity index (χ2v) is 9.15. The first-order valence-electron chi connectivity index (χ1n) is 10.6. The first-order valence-corrected chi connectivity index (χ1v) is 10.9. The molecule has 0 spiro atoms. The molecule has 1 heterocycles. The highest BCUT2D eigenvalue weighted by molar-refractivity contribution is 6.30. The Morgan fingerprint density at radius 2 is 1.69 bits per heavy atom. The first-order chi connectivity index (χ1) is 13.6. The van der Waals surface area contributed by atoms with E-state index in [9.17, 15) is 0 Å². The molecule has 0 aliphatic heterocycles. The highest BCUT2D eigenvalue weighted by atomic mass is 35.5. The van der Waals surface area contributed by atoms with E-state index in [0.29, 0.717) is 18.1 Å². The summed E-state index contributed by atoms with van der Waals surface area (Å²) >= 11 is 6.16. The summed E-state index contributed by atoms with van der Waals surface area (Å²) in [6.07, 6.45) is 7.18. The highest BCUT2D eigenvalue weighted by Gasteiger charge is 2.28. The lowest BCUT2D eigenvalue weighted by Crippen LogP contribution is -2.41. The van der Waals surface area contributed by atoms with E-state index in [0.717, 1.165) is 29.2 Å². The second-order valence-electron chi connectivity index (χ2n) is 8.71. The fourth-order valence-electron chi connectivity index (χ4n) is 5.33. The number of halogens is 2. The van der Waals surface area contributed by atoms with Crippen LogP contribution in [0.5, 0.6) is 0 Å². The standard InChI is InChI=1S/C24H28ClN3.ClH/c1-15-3-10-24-23(11-15)26-16(2)28(24)22-8-6-20(7-9-22)27-21-13-17-4-5-19(25)12-18(17)14-21;/h3-5,10-12,20-22,27H,6-9,13-14H2,1-2H3;1H. The third-order valence-corrected chi connectivity index (χ3v) is 6.89. The molecule has 3 nitrogen and oxygen atoms in total. The molecule has 0 saturated heterocycles. The van der Waals surface area contributed by atoms with Crippen LogP contribution in [0.1, 0.15) is 54.2 Å². The van der Waals surface area contributed by atoms with E-state index in [2.05, 4.69) is 54.1 Å². The van der Waals surface area contributed by atoms with Crippen molar-refractivity contribution < 1.29 is 0 Å². The van der Waals surface area contributed by atoms with Crippen molar-refractivity contribution in [3.8, 4) is 0 Å². The summed E-state index contributed by atoms with van der Waals surface area (Å²) in [4.78, 5) is 4.82. The molecule has 5 heteroatoms. The smallest absolute Gasteiger partial charge is 0.106 e. The monoisotopic (exact) mass is 429 g/mol. The summed E-state index contributed by atoms with van der Waals surface area (Å²) < 4.78 is 2.48.